The van der Waals surface area contributed by atoms with E-state index in [9.17, 15) is 13.2 Å². The summed E-state index contributed by atoms with van der Waals surface area (Å²) in [6.07, 6.45) is 0.460. The van der Waals surface area contributed by atoms with Gasteiger partial charge in [-0.3, -0.25) is 0 Å². The monoisotopic (exact) mass is 344 g/mol. The molecule has 1 aromatic carbocycles. The van der Waals surface area contributed by atoms with Gasteiger partial charge in [0, 0.05) is 24.6 Å². The van der Waals surface area contributed by atoms with Crippen LogP contribution in [0, 0.1) is 0 Å². The van der Waals surface area contributed by atoms with Crippen molar-refractivity contribution in [2.45, 2.75) is 17.4 Å². The first-order valence-corrected chi connectivity index (χ1v) is 9.25. The molecule has 1 saturated heterocycles. The molecule has 122 valence electrons. The third-order valence-corrected chi connectivity index (χ3v) is 5.73. The zero-order valence-electron chi connectivity index (χ0n) is 12.4. The van der Waals surface area contributed by atoms with E-state index in [4.69, 9.17) is 4.74 Å². The Morgan fingerprint density at radius 1 is 1.45 bits per heavy atom. The summed E-state index contributed by atoms with van der Waals surface area (Å²) in [5.41, 5.74) is 0.596. The average molecular weight is 344 g/mol. The molecule has 2 amide bonds. The van der Waals surface area contributed by atoms with E-state index in [-0.39, 0.29) is 23.6 Å². The maximum atomic E-state index is 12.5. The number of ether oxygens (including phenoxy) is 1. The fourth-order valence-corrected chi connectivity index (χ4v) is 4.37. The van der Waals surface area contributed by atoms with Crippen molar-refractivity contribution < 1.29 is 17.9 Å². The number of carbonyl (C=O) groups is 1. The average Bonchev–Trinajstić information content (AvgIpc) is 2.82. The molecule has 0 aromatic heterocycles. The number of carbonyl (C=O) groups excluding carboxylic acids is 1. The highest BCUT2D eigenvalue weighted by molar-refractivity contribution is 7.91. The summed E-state index contributed by atoms with van der Waals surface area (Å²) in [5.74, 6) is 0.129. The minimum absolute atomic E-state index is 0.00660. The van der Waals surface area contributed by atoms with Crippen molar-refractivity contribution in [1.82, 2.24) is 4.90 Å². The van der Waals surface area contributed by atoms with Gasteiger partial charge < -0.3 is 15.0 Å². The normalized spacial score (nSPS) is 19.8. The van der Waals surface area contributed by atoms with E-state index in [0.29, 0.717) is 30.2 Å². The maximum absolute atomic E-state index is 12.5. The molecule has 0 aliphatic carbocycles. The highest BCUT2D eigenvalue weighted by Gasteiger charge is 2.34. The summed E-state index contributed by atoms with van der Waals surface area (Å²) >= 11 is 4.30. The maximum Gasteiger partial charge on any atom is 0.322 e. The van der Waals surface area contributed by atoms with Crippen molar-refractivity contribution in [3.63, 3.8) is 0 Å². The Morgan fingerprint density at radius 2 is 2.18 bits per heavy atom. The molecule has 8 heteroatoms. The van der Waals surface area contributed by atoms with Crippen molar-refractivity contribution in [2.75, 3.05) is 37.1 Å². The van der Waals surface area contributed by atoms with Gasteiger partial charge in [-0.25, -0.2) is 13.2 Å². The van der Waals surface area contributed by atoms with Crippen molar-refractivity contribution in [2.24, 2.45) is 0 Å². The lowest BCUT2D eigenvalue weighted by Gasteiger charge is -2.28. The van der Waals surface area contributed by atoms with Gasteiger partial charge in [-0.2, -0.15) is 0 Å². The number of nitrogens with one attached hydrogen (secondary N) is 1. The Balaban J connectivity index is 2.11. The highest BCUT2D eigenvalue weighted by Crippen LogP contribution is 2.22. The van der Waals surface area contributed by atoms with Crippen LogP contribution in [-0.2, 0) is 14.6 Å². The molecule has 1 atom stereocenters. The van der Waals surface area contributed by atoms with E-state index >= 15 is 0 Å². The quantitative estimate of drug-likeness (QED) is 0.796. The minimum atomic E-state index is -3.06. The number of rotatable bonds is 5. The first-order valence-electron chi connectivity index (χ1n) is 6.98. The third-order valence-electron chi connectivity index (χ3n) is 3.59. The van der Waals surface area contributed by atoms with Crippen LogP contribution in [0.15, 0.2) is 29.2 Å². The van der Waals surface area contributed by atoms with Crippen LogP contribution in [0.3, 0.4) is 0 Å². The molecule has 6 nitrogen and oxygen atoms in total. The molecule has 0 bridgehead atoms. The molecule has 22 heavy (non-hydrogen) atoms. The molecule has 1 N–H and O–H groups in total. The molecule has 1 aromatic rings. The van der Waals surface area contributed by atoms with Crippen molar-refractivity contribution in [3.05, 3.63) is 24.3 Å². The molecule has 1 fully saturated rings. The number of para-hydroxylation sites is 1. The second-order valence-electron chi connectivity index (χ2n) is 5.19. The van der Waals surface area contributed by atoms with Crippen LogP contribution in [0.4, 0.5) is 10.5 Å². The Kier molecular flexibility index (Phi) is 5.71. The number of amides is 2. The summed E-state index contributed by atoms with van der Waals surface area (Å²) in [4.78, 5) is 14.7. The van der Waals surface area contributed by atoms with E-state index in [1.165, 1.54) is 4.90 Å². The number of hydrogen-bond acceptors (Lipinski definition) is 5. The lowest BCUT2D eigenvalue weighted by molar-refractivity contribution is 0.140. The zero-order chi connectivity index (χ0) is 16.2. The molecular formula is C14H20N2O4S2. The van der Waals surface area contributed by atoms with Gasteiger partial charge in [0.25, 0.3) is 0 Å². The first-order chi connectivity index (χ1) is 10.4. The Hall–Kier alpha value is -1.25. The largest absolute Gasteiger partial charge is 0.383 e. The molecule has 0 saturated carbocycles. The number of benzene rings is 1. The summed E-state index contributed by atoms with van der Waals surface area (Å²) in [6.45, 7) is 0.698. The van der Waals surface area contributed by atoms with E-state index in [1.807, 2.05) is 6.07 Å². The SMILES string of the molecule is COCCN(C(=O)Nc1ccccc1S)C1CCS(=O)(=O)C1. The standard InChI is InChI=1S/C14H20N2O4S2/c1-20-8-7-16(11-6-9-22(18,19)10-11)14(17)15-12-4-2-3-5-13(12)21/h2-5,11,21H,6-10H2,1H3,(H,15,17). The summed E-state index contributed by atoms with van der Waals surface area (Å²) in [6, 6.07) is 6.50. The van der Waals surface area contributed by atoms with Crippen molar-refractivity contribution in [1.29, 1.82) is 0 Å². The molecule has 2 rings (SSSR count). The summed E-state index contributed by atoms with van der Waals surface area (Å²) < 4.78 is 28.3. The van der Waals surface area contributed by atoms with Gasteiger partial charge in [0.05, 0.1) is 23.8 Å². The number of hydrogen-bond donors (Lipinski definition) is 2. The van der Waals surface area contributed by atoms with E-state index in [2.05, 4.69) is 17.9 Å². The van der Waals surface area contributed by atoms with Gasteiger partial charge in [0.2, 0.25) is 0 Å². The summed E-state index contributed by atoms with van der Waals surface area (Å²) in [5, 5.41) is 2.78. The van der Waals surface area contributed by atoms with Crippen LogP contribution in [0.1, 0.15) is 6.42 Å². The Bertz CT molecular complexity index is 633. The van der Waals surface area contributed by atoms with Crippen molar-refractivity contribution >= 4 is 34.2 Å². The third kappa shape index (κ3) is 4.37. The number of sulfone groups is 1. The second-order valence-corrected chi connectivity index (χ2v) is 7.90. The van der Waals surface area contributed by atoms with E-state index < -0.39 is 9.84 Å². The molecule has 1 aliphatic rings. The smallest absolute Gasteiger partial charge is 0.322 e. The van der Waals surface area contributed by atoms with Crippen LogP contribution in [0.2, 0.25) is 0 Å². The molecule has 0 radical (unpaired) electrons. The number of nitrogens with zero attached hydrogens (tertiary/aromatic N) is 1. The van der Waals surface area contributed by atoms with Gasteiger partial charge in [-0.15, -0.1) is 12.6 Å². The van der Waals surface area contributed by atoms with Crippen LogP contribution < -0.4 is 5.32 Å². The lowest BCUT2D eigenvalue weighted by Crippen LogP contribution is -2.45. The van der Waals surface area contributed by atoms with Gasteiger partial charge >= 0.3 is 6.03 Å². The van der Waals surface area contributed by atoms with E-state index in [0.717, 1.165) is 0 Å². The molecule has 0 spiro atoms. The van der Waals surface area contributed by atoms with Crippen LogP contribution >= 0.6 is 12.6 Å². The lowest BCUT2D eigenvalue weighted by atomic mass is 10.2. The van der Waals surface area contributed by atoms with Crippen LogP contribution in [0.25, 0.3) is 0 Å². The predicted octanol–water partition coefficient (Wildman–Crippen LogP) is 1.64. The summed E-state index contributed by atoms with van der Waals surface area (Å²) in [7, 11) is -1.51. The van der Waals surface area contributed by atoms with E-state index in [1.54, 1.807) is 25.3 Å². The first kappa shape index (κ1) is 17.1. The van der Waals surface area contributed by atoms with Gasteiger partial charge in [0.15, 0.2) is 9.84 Å². The number of urea groups is 1. The fourth-order valence-electron chi connectivity index (χ4n) is 2.43. The predicted molar refractivity (Wildman–Crippen MR) is 88.4 cm³/mol. The second kappa shape index (κ2) is 7.34. The van der Waals surface area contributed by atoms with Crippen molar-refractivity contribution in [3.8, 4) is 0 Å². The fraction of sp³-hybridized carbons (Fsp3) is 0.500. The molecule has 1 heterocycles. The van der Waals surface area contributed by atoms with Gasteiger partial charge in [-0.1, -0.05) is 12.1 Å². The van der Waals surface area contributed by atoms with Crippen LogP contribution in [0.5, 0.6) is 0 Å². The number of thiol groups is 1. The Morgan fingerprint density at radius 3 is 2.77 bits per heavy atom. The molecular weight excluding hydrogens is 324 g/mol. The number of anilines is 1. The topological polar surface area (TPSA) is 75.7 Å². The Labute approximate surface area is 136 Å². The minimum Gasteiger partial charge on any atom is -0.383 e. The zero-order valence-corrected chi connectivity index (χ0v) is 14.1. The van der Waals surface area contributed by atoms with Crippen LogP contribution in [-0.4, -0.2) is 57.2 Å². The molecule has 1 aliphatic heterocycles. The highest BCUT2D eigenvalue weighted by atomic mass is 32.2. The van der Waals surface area contributed by atoms with Gasteiger partial charge in [0.1, 0.15) is 0 Å². The van der Waals surface area contributed by atoms with Gasteiger partial charge in [-0.05, 0) is 18.6 Å². The molecule has 1 unspecified atom stereocenters. The number of methoxy groups -OCH3 is 1.